The lowest BCUT2D eigenvalue weighted by Crippen LogP contribution is -2.41. The number of para-hydroxylation sites is 1. The van der Waals surface area contributed by atoms with Gasteiger partial charge in [0, 0.05) is 5.56 Å². The summed E-state index contributed by atoms with van der Waals surface area (Å²) < 4.78 is 0. The summed E-state index contributed by atoms with van der Waals surface area (Å²) in [5.74, 6) is -1.50. The molecule has 0 aliphatic heterocycles. The van der Waals surface area contributed by atoms with Crippen LogP contribution < -0.4 is 11.5 Å². The molecule has 5 heteroatoms. The molecule has 0 spiro atoms. The monoisotopic (exact) mass is 196 g/mol. The van der Waals surface area contributed by atoms with Crippen LogP contribution in [0.25, 0.3) is 0 Å². The van der Waals surface area contributed by atoms with Crippen LogP contribution in [0.2, 0.25) is 0 Å². The molecule has 0 saturated carbocycles. The third-order valence-electron chi connectivity index (χ3n) is 2.07. The molecule has 0 saturated heterocycles. The number of rotatable bonds is 2. The molecule has 0 fully saturated rings. The third kappa shape index (κ3) is 1.49. The van der Waals surface area contributed by atoms with Crippen LogP contribution in [0.1, 0.15) is 12.5 Å². The topological polar surface area (TPSA) is 110 Å². The van der Waals surface area contributed by atoms with Crippen molar-refractivity contribution in [2.24, 2.45) is 5.73 Å². The Hall–Kier alpha value is -1.75. The minimum atomic E-state index is -1.64. The summed E-state index contributed by atoms with van der Waals surface area (Å²) in [5.41, 5.74) is 9.53. The van der Waals surface area contributed by atoms with Crippen LogP contribution in [0.4, 0.5) is 5.69 Å². The van der Waals surface area contributed by atoms with Crippen molar-refractivity contribution in [3.63, 3.8) is 0 Å². The molecule has 0 aromatic heterocycles. The quantitative estimate of drug-likeness (QED) is 0.400. The Morgan fingerprint density at radius 1 is 1.50 bits per heavy atom. The summed E-state index contributed by atoms with van der Waals surface area (Å²) in [7, 11) is 0. The van der Waals surface area contributed by atoms with Gasteiger partial charge in [-0.25, -0.2) is 4.79 Å². The van der Waals surface area contributed by atoms with E-state index >= 15 is 0 Å². The SMILES string of the molecule is CC(N)(C(=O)O)c1cccc(N)c1O. The van der Waals surface area contributed by atoms with Crippen molar-refractivity contribution in [2.45, 2.75) is 12.5 Å². The number of carboxylic acid groups (broad SMARTS) is 1. The summed E-state index contributed by atoms with van der Waals surface area (Å²) in [6, 6.07) is 4.44. The molecule has 6 N–H and O–H groups in total. The predicted octanol–water partition coefficient (Wildman–Crippen LogP) is 0.233. The molecule has 0 aliphatic rings. The first-order chi connectivity index (χ1) is 6.37. The van der Waals surface area contributed by atoms with Gasteiger partial charge in [-0.15, -0.1) is 0 Å². The van der Waals surface area contributed by atoms with E-state index < -0.39 is 11.5 Å². The van der Waals surface area contributed by atoms with E-state index in [0.29, 0.717) is 0 Å². The molecule has 1 rings (SSSR count). The fourth-order valence-corrected chi connectivity index (χ4v) is 1.10. The van der Waals surface area contributed by atoms with Crippen molar-refractivity contribution >= 4 is 11.7 Å². The number of nitrogens with two attached hydrogens (primary N) is 2. The normalized spacial score (nSPS) is 14.7. The lowest BCUT2D eigenvalue weighted by Gasteiger charge is -2.21. The standard InChI is InChI=1S/C9H12N2O3/c1-9(11,8(13)14)5-3-2-4-6(10)7(5)12/h2-4,12H,10-11H2,1H3,(H,13,14). The van der Waals surface area contributed by atoms with Crippen LogP contribution in [0.15, 0.2) is 18.2 Å². The van der Waals surface area contributed by atoms with Crippen LogP contribution in [-0.2, 0) is 10.3 Å². The minimum absolute atomic E-state index is 0.102. The highest BCUT2D eigenvalue weighted by Crippen LogP contribution is 2.31. The average molecular weight is 196 g/mol. The highest BCUT2D eigenvalue weighted by Gasteiger charge is 2.33. The molecule has 14 heavy (non-hydrogen) atoms. The second-order valence-corrected chi connectivity index (χ2v) is 3.25. The molecule has 1 aromatic carbocycles. The Kier molecular flexibility index (Phi) is 2.35. The fourth-order valence-electron chi connectivity index (χ4n) is 1.10. The maximum absolute atomic E-state index is 10.8. The van der Waals surface area contributed by atoms with Crippen molar-refractivity contribution in [1.29, 1.82) is 0 Å². The second-order valence-electron chi connectivity index (χ2n) is 3.25. The number of hydrogen-bond acceptors (Lipinski definition) is 4. The van der Waals surface area contributed by atoms with E-state index in [1.54, 1.807) is 6.07 Å². The highest BCUT2D eigenvalue weighted by molar-refractivity contribution is 5.82. The Balaban J connectivity index is 3.33. The van der Waals surface area contributed by atoms with Crippen LogP contribution in [0.3, 0.4) is 0 Å². The van der Waals surface area contributed by atoms with Gasteiger partial charge in [-0.1, -0.05) is 12.1 Å². The summed E-state index contributed by atoms with van der Waals surface area (Å²) in [6.45, 7) is 1.30. The number of phenolic OH excluding ortho intramolecular Hbond substituents is 1. The molecule has 1 aromatic rings. The summed E-state index contributed by atoms with van der Waals surface area (Å²) in [4.78, 5) is 10.8. The zero-order chi connectivity index (χ0) is 10.9. The number of aromatic hydroxyl groups is 1. The lowest BCUT2D eigenvalue weighted by atomic mass is 9.92. The van der Waals surface area contributed by atoms with Crippen LogP contribution in [-0.4, -0.2) is 16.2 Å². The number of aliphatic carboxylic acids is 1. The molecule has 0 bridgehead atoms. The van der Waals surface area contributed by atoms with E-state index in [1.165, 1.54) is 19.1 Å². The van der Waals surface area contributed by atoms with Crippen molar-refractivity contribution in [3.8, 4) is 5.75 Å². The van der Waals surface area contributed by atoms with Crippen molar-refractivity contribution in [2.75, 3.05) is 5.73 Å². The first kappa shape index (κ1) is 10.3. The maximum Gasteiger partial charge on any atom is 0.328 e. The molecule has 1 unspecified atom stereocenters. The van der Waals surface area contributed by atoms with E-state index in [1.807, 2.05) is 0 Å². The lowest BCUT2D eigenvalue weighted by molar-refractivity contribution is -0.143. The van der Waals surface area contributed by atoms with Crippen LogP contribution >= 0.6 is 0 Å². The second kappa shape index (κ2) is 3.19. The number of hydrogen-bond donors (Lipinski definition) is 4. The average Bonchev–Trinajstić information content (AvgIpc) is 2.09. The molecular formula is C9H12N2O3. The van der Waals surface area contributed by atoms with Gasteiger partial charge in [-0.3, -0.25) is 0 Å². The van der Waals surface area contributed by atoms with Gasteiger partial charge in [0.05, 0.1) is 5.69 Å². The molecule has 1 atom stereocenters. The number of phenols is 1. The molecule has 76 valence electrons. The Labute approximate surface area is 81.0 Å². The van der Waals surface area contributed by atoms with Gasteiger partial charge in [0.1, 0.15) is 11.3 Å². The Morgan fingerprint density at radius 2 is 2.07 bits per heavy atom. The highest BCUT2D eigenvalue weighted by atomic mass is 16.4. The van der Waals surface area contributed by atoms with Crippen LogP contribution in [0.5, 0.6) is 5.75 Å². The van der Waals surface area contributed by atoms with Crippen molar-refractivity contribution < 1.29 is 15.0 Å². The van der Waals surface area contributed by atoms with E-state index in [-0.39, 0.29) is 17.0 Å². The van der Waals surface area contributed by atoms with Gasteiger partial charge in [0.15, 0.2) is 0 Å². The zero-order valence-corrected chi connectivity index (χ0v) is 7.69. The number of nitrogen functional groups attached to an aromatic ring is 1. The summed E-state index contributed by atoms with van der Waals surface area (Å²) in [5, 5.41) is 18.3. The molecular weight excluding hydrogens is 184 g/mol. The molecule has 5 nitrogen and oxygen atoms in total. The third-order valence-corrected chi connectivity index (χ3v) is 2.07. The van der Waals surface area contributed by atoms with Gasteiger partial charge in [0.2, 0.25) is 0 Å². The van der Waals surface area contributed by atoms with E-state index in [9.17, 15) is 9.90 Å². The number of benzene rings is 1. The number of carbonyl (C=O) groups is 1. The molecule has 0 radical (unpaired) electrons. The van der Waals surface area contributed by atoms with E-state index in [4.69, 9.17) is 16.6 Å². The molecule has 0 aliphatic carbocycles. The zero-order valence-electron chi connectivity index (χ0n) is 7.69. The largest absolute Gasteiger partial charge is 0.505 e. The van der Waals surface area contributed by atoms with Crippen LogP contribution in [0, 0.1) is 0 Å². The first-order valence-corrected chi connectivity index (χ1v) is 3.97. The van der Waals surface area contributed by atoms with Gasteiger partial charge in [0.25, 0.3) is 0 Å². The molecule has 0 heterocycles. The number of anilines is 1. The van der Waals surface area contributed by atoms with Crippen molar-refractivity contribution in [3.05, 3.63) is 23.8 Å². The first-order valence-electron chi connectivity index (χ1n) is 3.97. The fraction of sp³-hybridized carbons (Fsp3) is 0.222. The summed E-state index contributed by atoms with van der Waals surface area (Å²) in [6.07, 6.45) is 0. The van der Waals surface area contributed by atoms with Gasteiger partial charge >= 0.3 is 5.97 Å². The van der Waals surface area contributed by atoms with E-state index in [0.717, 1.165) is 0 Å². The van der Waals surface area contributed by atoms with Crippen molar-refractivity contribution in [1.82, 2.24) is 0 Å². The Morgan fingerprint density at radius 3 is 2.57 bits per heavy atom. The maximum atomic E-state index is 10.8. The van der Waals surface area contributed by atoms with Gasteiger partial charge in [-0.05, 0) is 13.0 Å². The Bertz CT molecular complexity index is 374. The van der Waals surface area contributed by atoms with Gasteiger partial charge in [-0.2, -0.15) is 0 Å². The summed E-state index contributed by atoms with van der Waals surface area (Å²) >= 11 is 0. The molecule has 0 amide bonds. The van der Waals surface area contributed by atoms with E-state index in [2.05, 4.69) is 0 Å². The number of carboxylic acids is 1. The minimum Gasteiger partial charge on any atom is -0.505 e. The van der Waals surface area contributed by atoms with Gasteiger partial charge < -0.3 is 21.7 Å². The predicted molar refractivity (Wildman–Crippen MR) is 51.7 cm³/mol. The smallest absolute Gasteiger partial charge is 0.328 e.